The van der Waals surface area contributed by atoms with Crippen molar-refractivity contribution in [3.05, 3.63) is 12.7 Å². The fourth-order valence-corrected chi connectivity index (χ4v) is 1.10. The molecular weight excluding hydrogens is 302 g/mol. The van der Waals surface area contributed by atoms with E-state index < -0.39 is 32.0 Å². The molecule has 4 nitrogen and oxygen atoms in total. The first-order valence-corrected chi connectivity index (χ1v) is 8.85. The molecule has 0 amide bonds. The predicted molar refractivity (Wildman–Crippen MR) is 53.2 cm³/mol. The molecule has 0 atom stereocenters. The van der Waals surface area contributed by atoms with Crippen LogP contribution in [0.3, 0.4) is 0 Å². The summed E-state index contributed by atoms with van der Waals surface area (Å²) in [6.07, 6.45) is 1.87. The van der Waals surface area contributed by atoms with Crippen molar-refractivity contribution in [2.45, 2.75) is 18.3 Å². The number of hydrogen-bond acceptors (Lipinski definition) is 2. The maximum Gasteiger partial charge on any atom is 0.300 e. The molecule has 0 bridgehead atoms. The van der Waals surface area contributed by atoms with E-state index in [1.54, 1.807) is 0 Å². The Kier molecular flexibility index (Phi) is 25.3. The van der Waals surface area contributed by atoms with Crippen LogP contribution in [0.5, 0.6) is 0 Å². The normalized spacial score (nSPS) is 6.69. The Morgan fingerprint density at radius 3 is 1.62 bits per heavy atom. The van der Waals surface area contributed by atoms with E-state index in [2.05, 4.69) is 6.58 Å². The van der Waals surface area contributed by atoms with Gasteiger partial charge >= 0.3 is 46.0 Å². The van der Waals surface area contributed by atoms with E-state index in [0.29, 0.717) is 0 Å². The van der Waals surface area contributed by atoms with Crippen molar-refractivity contribution in [1.82, 2.24) is 0 Å². The van der Waals surface area contributed by atoms with Gasteiger partial charge in [-0.2, -0.15) is 0 Å². The van der Waals surface area contributed by atoms with Crippen LogP contribution in [0.1, 0.15) is 13.8 Å². The van der Waals surface area contributed by atoms with Crippen molar-refractivity contribution in [2.75, 3.05) is 0 Å². The Morgan fingerprint density at radius 1 is 1.38 bits per heavy atom. The number of carbonyl (C=O) groups is 2. The van der Waals surface area contributed by atoms with Crippen LogP contribution in [-0.4, -0.2) is 42.2 Å². The number of hydrogen-bond donors (Lipinski definition) is 2. The standard InChI is InChI=1S/C3H5.2C2H4O2.ClH.Sn/c1-3-2;2*1-2(3)4;;/h3H,1-2H2;2*1H3,(H,3,4);1H;/q;;;;+1/p-1. The number of aliphatic carboxylic acids is 2. The molecule has 0 fully saturated rings. The average molecular weight is 315 g/mol. The van der Waals surface area contributed by atoms with Crippen LogP contribution in [-0.2, 0) is 9.59 Å². The molecule has 0 heterocycles. The number of rotatable bonds is 2. The van der Waals surface area contributed by atoms with Gasteiger partial charge in [0.05, 0.1) is 0 Å². The van der Waals surface area contributed by atoms with Crippen molar-refractivity contribution < 1.29 is 19.8 Å². The second-order valence-corrected chi connectivity index (χ2v) is 5.39. The van der Waals surface area contributed by atoms with Crippen molar-refractivity contribution in [3.8, 4) is 0 Å². The van der Waals surface area contributed by atoms with E-state index in [1.165, 1.54) is 0 Å². The smallest absolute Gasteiger partial charge is 0.300 e. The van der Waals surface area contributed by atoms with Gasteiger partial charge in [-0.25, -0.2) is 0 Å². The minimum Gasteiger partial charge on any atom is -0.481 e. The van der Waals surface area contributed by atoms with Crippen molar-refractivity contribution in [1.29, 1.82) is 0 Å². The van der Waals surface area contributed by atoms with Gasteiger partial charge in [0.25, 0.3) is 11.9 Å². The number of halogens is 1. The number of carboxylic acid groups (broad SMARTS) is 2. The van der Waals surface area contributed by atoms with Crippen molar-refractivity contribution in [2.24, 2.45) is 0 Å². The summed E-state index contributed by atoms with van der Waals surface area (Å²) in [4.78, 5) is 18.0. The summed E-state index contributed by atoms with van der Waals surface area (Å²) in [7, 11) is 5.40. The molecule has 0 aliphatic rings. The van der Waals surface area contributed by atoms with E-state index >= 15 is 0 Å². The summed E-state index contributed by atoms with van der Waals surface area (Å²) in [5, 5.41) is 14.8. The van der Waals surface area contributed by atoms with Gasteiger partial charge in [0.15, 0.2) is 0 Å². The molecule has 6 heteroatoms. The summed E-state index contributed by atoms with van der Waals surface area (Å²) in [5.41, 5.74) is 0. The van der Waals surface area contributed by atoms with Crippen LogP contribution in [0.2, 0.25) is 4.44 Å². The third kappa shape index (κ3) is 359. The Bertz CT molecular complexity index is 129. The van der Waals surface area contributed by atoms with Crippen molar-refractivity contribution >= 4 is 40.9 Å². The van der Waals surface area contributed by atoms with E-state index in [-0.39, 0.29) is 0 Å². The Balaban J connectivity index is -0.000000117. The zero-order valence-electron chi connectivity index (χ0n) is 7.58. The molecule has 76 valence electrons. The quantitative estimate of drug-likeness (QED) is 0.600. The SMILES string of the molecule is C=C[CH2][Sn][Cl].CC(=O)O.CC(=O)O. The third-order valence-corrected chi connectivity index (χ3v) is 2.52. The molecule has 0 aromatic rings. The first kappa shape index (κ1) is 18.5. The molecule has 2 N–H and O–H groups in total. The minimum atomic E-state index is -0.833. The first-order chi connectivity index (χ1) is 5.88. The zero-order chi connectivity index (χ0) is 11.3. The second kappa shape index (κ2) is 17.7. The van der Waals surface area contributed by atoms with E-state index in [1.807, 2.05) is 6.08 Å². The molecular formula is C7H13ClO4Sn. The van der Waals surface area contributed by atoms with Crippen molar-refractivity contribution in [3.63, 3.8) is 0 Å². The summed E-state index contributed by atoms with van der Waals surface area (Å²) < 4.78 is 1.09. The summed E-state index contributed by atoms with van der Waals surface area (Å²) >= 11 is -0.440. The fourth-order valence-electron chi connectivity index (χ4n) is 0.0546. The van der Waals surface area contributed by atoms with Gasteiger partial charge in [-0.3, -0.25) is 9.59 Å². The Morgan fingerprint density at radius 2 is 1.62 bits per heavy atom. The van der Waals surface area contributed by atoms with Gasteiger partial charge in [0, 0.05) is 13.8 Å². The van der Waals surface area contributed by atoms with Crippen LogP contribution in [0, 0.1) is 0 Å². The van der Waals surface area contributed by atoms with Crippen LogP contribution in [0.4, 0.5) is 0 Å². The minimum absolute atomic E-state index is 0.440. The summed E-state index contributed by atoms with van der Waals surface area (Å²) in [5.74, 6) is -1.67. The van der Waals surface area contributed by atoms with Gasteiger partial charge in [-0.05, 0) is 0 Å². The average Bonchev–Trinajstić information content (AvgIpc) is 1.86. The van der Waals surface area contributed by atoms with E-state index in [0.717, 1.165) is 18.3 Å². The molecule has 13 heavy (non-hydrogen) atoms. The second-order valence-electron chi connectivity index (χ2n) is 1.66. The molecule has 0 aliphatic heterocycles. The maximum atomic E-state index is 9.00. The number of allylic oxidation sites excluding steroid dienone is 1. The molecule has 0 aromatic heterocycles. The van der Waals surface area contributed by atoms with Gasteiger partial charge in [-0.15, -0.1) is 0 Å². The molecule has 0 aromatic carbocycles. The van der Waals surface area contributed by atoms with Crippen LogP contribution in [0.15, 0.2) is 12.7 Å². The Hall–Kier alpha value is -0.231. The van der Waals surface area contributed by atoms with Gasteiger partial charge < -0.3 is 10.2 Å². The molecule has 0 spiro atoms. The molecule has 0 saturated heterocycles. The monoisotopic (exact) mass is 316 g/mol. The molecule has 0 rings (SSSR count). The van der Waals surface area contributed by atoms with Gasteiger partial charge in [0.2, 0.25) is 0 Å². The third-order valence-electron chi connectivity index (χ3n) is 0.221. The topological polar surface area (TPSA) is 74.6 Å². The first-order valence-electron chi connectivity index (χ1n) is 3.21. The zero-order valence-corrected chi connectivity index (χ0v) is 11.2. The predicted octanol–water partition coefficient (Wildman–Crippen LogP) is 1.63. The van der Waals surface area contributed by atoms with Gasteiger partial charge in [-0.1, -0.05) is 0 Å². The summed E-state index contributed by atoms with van der Waals surface area (Å²) in [6, 6.07) is 0. The van der Waals surface area contributed by atoms with Crippen LogP contribution >= 0.6 is 8.92 Å². The maximum absolute atomic E-state index is 9.00. The number of carboxylic acids is 2. The molecule has 0 unspecified atom stereocenters. The summed E-state index contributed by atoms with van der Waals surface area (Å²) in [6.45, 7) is 5.68. The molecule has 0 aliphatic carbocycles. The Labute approximate surface area is 91.5 Å². The largest absolute Gasteiger partial charge is 0.481 e. The van der Waals surface area contributed by atoms with Crippen LogP contribution in [0.25, 0.3) is 0 Å². The van der Waals surface area contributed by atoms with E-state index in [9.17, 15) is 0 Å². The van der Waals surface area contributed by atoms with Gasteiger partial charge in [0.1, 0.15) is 0 Å². The fraction of sp³-hybridized carbons (Fsp3) is 0.429. The molecule has 0 saturated carbocycles. The van der Waals surface area contributed by atoms with E-state index in [4.69, 9.17) is 28.7 Å². The van der Waals surface area contributed by atoms with Crippen LogP contribution < -0.4 is 0 Å². The molecule has 2 radical (unpaired) electrons.